The Balaban J connectivity index is 2.37. The summed E-state index contributed by atoms with van der Waals surface area (Å²) in [5.74, 6) is 1.39. The van der Waals surface area contributed by atoms with Gasteiger partial charge in [0.15, 0.2) is 6.10 Å². The van der Waals surface area contributed by atoms with Crippen molar-refractivity contribution in [3.8, 4) is 0 Å². The van der Waals surface area contributed by atoms with E-state index in [0.29, 0.717) is 30.3 Å². The van der Waals surface area contributed by atoms with Gasteiger partial charge in [0.25, 0.3) is 7.82 Å². The van der Waals surface area contributed by atoms with Crippen LogP contribution in [0.2, 0.25) is 0 Å². The number of aliphatic hydroxyl groups excluding tert-OH is 1. The first-order valence-electron chi connectivity index (χ1n) is 23.8. The number of hydrogen-bond acceptors (Lipinski definition) is 10. The summed E-state index contributed by atoms with van der Waals surface area (Å²) in [6.45, 7) is 6.46. The predicted molar refractivity (Wildman–Crippen MR) is 250 cm³/mol. The third-order valence-electron chi connectivity index (χ3n) is 10.6. The molecular weight excluding hydrogens is 806 g/mol. The standard InChI is InChI=1S/C50H86NO10P/c1-7-8-30-35-47-44(2)45(3)48(61-47)36-31-26-22-19-20-23-27-32-37-49(53)57-42-46(43-59-62(55,56)58-41-39-51(4,5)6)60-50(54)38-33-28-24-18-16-14-12-10-9-11-13-15-17-21-25-29-34-40-52/h9,11-12,14-15,17-18,24,46,52H,7-8,10,13,16,19-23,25-43H2,1-6H3/b11-9-,14-12-,17-15-,24-18-/t46-/m1/s1. The van der Waals surface area contributed by atoms with E-state index >= 15 is 0 Å². The van der Waals surface area contributed by atoms with E-state index in [1.54, 1.807) is 0 Å². The number of carbonyl (C=O) groups excluding carboxylic acids is 2. The summed E-state index contributed by atoms with van der Waals surface area (Å²) >= 11 is 0. The van der Waals surface area contributed by atoms with Gasteiger partial charge < -0.3 is 37.4 Å². The van der Waals surface area contributed by atoms with Crippen molar-refractivity contribution < 1.29 is 51.6 Å². The lowest BCUT2D eigenvalue weighted by Crippen LogP contribution is -2.37. The summed E-state index contributed by atoms with van der Waals surface area (Å²) in [6, 6.07) is 0. The van der Waals surface area contributed by atoms with Crippen LogP contribution in [0.25, 0.3) is 0 Å². The van der Waals surface area contributed by atoms with Crippen LogP contribution in [-0.4, -0.2) is 81.7 Å². The molecule has 1 N–H and O–H groups in total. The number of aryl methyl sites for hydroxylation is 2. The molecule has 2 atom stereocenters. The fraction of sp³-hybridized carbons (Fsp3) is 0.720. The molecule has 11 nitrogen and oxygen atoms in total. The maximum atomic E-state index is 12.7. The quantitative estimate of drug-likeness (QED) is 0.0222. The summed E-state index contributed by atoms with van der Waals surface area (Å²) in [5, 5.41) is 8.81. The van der Waals surface area contributed by atoms with Crippen LogP contribution < -0.4 is 4.89 Å². The molecule has 0 aliphatic rings. The molecule has 0 saturated carbocycles. The largest absolute Gasteiger partial charge is 0.756 e. The lowest BCUT2D eigenvalue weighted by Gasteiger charge is -2.28. The second-order valence-electron chi connectivity index (χ2n) is 17.4. The minimum Gasteiger partial charge on any atom is -0.756 e. The second-order valence-corrected chi connectivity index (χ2v) is 18.8. The zero-order valence-electron chi connectivity index (χ0n) is 39.7. The molecule has 0 saturated heterocycles. The van der Waals surface area contributed by atoms with Gasteiger partial charge in [-0.3, -0.25) is 14.2 Å². The molecule has 0 bridgehead atoms. The highest BCUT2D eigenvalue weighted by Gasteiger charge is 2.22. The van der Waals surface area contributed by atoms with Crippen molar-refractivity contribution in [2.24, 2.45) is 0 Å². The molecule has 356 valence electrons. The number of rotatable bonds is 40. The van der Waals surface area contributed by atoms with Crippen LogP contribution in [0, 0.1) is 13.8 Å². The average Bonchev–Trinajstić information content (AvgIpc) is 3.49. The normalized spacial score (nSPS) is 13.9. The summed E-state index contributed by atoms with van der Waals surface area (Å²) in [7, 11) is 1.09. The van der Waals surface area contributed by atoms with Gasteiger partial charge >= 0.3 is 11.9 Å². The number of ether oxygens (including phenoxy) is 2. The summed E-state index contributed by atoms with van der Waals surface area (Å²) < 4.78 is 40.2. The first kappa shape index (κ1) is 57.2. The number of nitrogens with zero attached hydrogens (tertiary/aromatic N) is 1. The van der Waals surface area contributed by atoms with E-state index in [-0.39, 0.29) is 32.7 Å². The van der Waals surface area contributed by atoms with E-state index in [4.69, 9.17) is 28.0 Å². The van der Waals surface area contributed by atoms with E-state index in [9.17, 15) is 19.0 Å². The highest BCUT2D eigenvalue weighted by molar-refractivity contribution is 7.45. The molecule has 1 heterocycles. The van der Waals surface area contributed by atoms with Crippen molar-refractivity contribution in [2.45, 2.75) is 181 Å². The number of unbranched alkanes of at least 4 members (excludes halogenated alkanes) is 13. The van der Waals surface area contributed by atoms with E-state index in [1.807, 2.05) is 27.2 Å². The Morgan fingerprint density at radius 2 is 1.16 bits per heavy atom. The van der Waals surface area contributed by atoms with Gasteiger partial charge in [-0.1, -0.05) is 113 Å². The number of phosphoric acid groups is 1. The molecule has 0 aliphatic heterocycles. The molecule has 62 heavy (non-hydrogen) atoms. The van der Waals surface area contributed by atoms with Gasteiger partial charge in [0, 0.05) is 32.3 Å². The van der Waals surface area contributed by atoms with Crippen LogP contribution in [0.5, 0.6) is 0 Å². The van der Waals surface area contributed by atoms with Crippen molar-refractivity contribution >= 4 is 19.8 Å². The molecule has 1 aromatic heterocycles. The first-order chi connectivity index (χ1) is 29.8. The Labute approximate surface area is 376 Å². The molecule has 0 aliphatic carbocycles. The van der Waals surface area contributed by atoms with Crippen LogP contribution >= 0.6 is 7.82 Å². The van der Waals surface area contributed by atoms with Gasteiger partial charge in [-0.15, -0.1) is 0 Å². The number of hydrogen-bond donors (Lipinski definition) is 1. The number of likely N-dealkylation sites (N-methyl/N-ethyl adjacent to an activating group) is 1. The van der Waals surface area contributed by atoms with Crippen LogP contribution in [0.1, 0.15) is 171 Å². The van der Waals surface area contributed by atoms with Crippen molar-refractivity contribution in [1.29, 1.82) is 0 Å². The molecule has 0 fully saturated rings. The smallest absolute Gasteiger partial charge is 0.306 e. The van der Waals surface area contributed by atoms with Gasteiger partial charge in [0.2, 0.25) is 0 Å². The lowest BCUT2D eigenvalue weighted by atomic mass is 10.0. The minimum atomic E-state index is -4.66. The van der Waals surface area contributed by atoms with Gasteiger partial charge in [0.05, 0.1) is 27.7 Å². The Bertz CT molecular complexity index is 1470. The van der Waals surface area contributed by atoms with Gasteiger partial charge in [-0.2, -0.15) is 0 Å². The fourth-order valence-corrected chi connectivity index (χ4v) is 7.30. The van der Waals surface area contributed by atoms with E-state index < -0.39 is 32.5 Å². The number of esters is 2. The lowest BCUT2D eigenvalue weighted by molar-refractivity contribution is -0.870. The number of allylic oxidation sites excluding steroid dienone is 8. The third-order valence-corrected chi connectivity index (χ3v) is 11.6. The van der Waals surface area contributed by atoms with Crippen molar-refractivity contribution in [2.75, 3.05) is 54.1 Å². The predicted octanol–water partition coefficient (Wildman–Crippen LogP) is 11.5. The zero-order valence-corrected chi connectivity index (χ0v) is 40.6. The van der Waals surface area contributed by atoms with Crippen molar-refractivity contribution in [1.82, 2.24) is 0 Å². The molecule has 12 heteroatoms. The minimum absolute atomic E-state index is 0.0542. The monoisotopic (exact) mass is 892 g/mol. The second kappa shape index (κ2) is 36.5. The van der Waals surface area contributed by atoms with Crippen molar-refractivity contribution in [3.05, 3.63) is 71.3 Å². The fourth-order valence-electron chi connectivity index (χ4n) is 6.57. The number of aliphatic hydroxyl groups is 1. The maximum absolute atomic E-state index is 12.7. The van der Waals surface area contributed by atoms with Gasteiger partial charge in [0.1, 0.15) is 31.3 Å². The molecule has 0 spiro atoms. The van der Waals surface area contributed by atoms with Crippen LogP contribution in [-0.2, 0) is 45.5 Å². The Kier molecular flexibility index (Phi) is 33.7. The summed E-state index contributed by atoms with van der Waals surface area (Å²) in [5.41, 5.74) is 2.65. The van der Waals surface area contributed by atoms with Crippen LogP contribution in [0.15, 0.2) is 53.0 Å². The number of carbonyl (C=O) groups is 2. The summed E-state index contributed by atoms with van der Waals surface area (Å²) in [6.07, 6.45) is 38.4. The molecule has 0 radical (unpaired) electrons. The van der Waals surface area contributed by atoms with Crippen LogP contribution in [0.3, 0.4) is 0 Å². The first-order valence-corrected chi connectivity index (χ1v) is 25.3. The molecule has 1 rings (SSSR count). The summed E-state index contributed by atoms with van der Waals surface area (Å²) in [4.78, 5) is 37.7. The Morgan fingerprint density at radius 3 is 1.73 bits per heavy atom. The Morgan fingerprint density at radius 1 is 0.661 bits per heavy atom. The molecule has 1 aromatic rings. The number of furan rings is 1. The van der Waals surface area contributed by atoms with Crippen molar-refractivity contribution in [3.63, 3.8) is 0 Å². The maximum Gasteiger partial charge on any atom is 0.306 e. The molecule has 0 amide bonds. The molecule has 0 aromatic carbocycles. The number of phosphoric ester groups is 1. The highest BCUT2D eigenvalue weighted by Crippen LogP contribution is 2.38. The van der Waals surface area contributed by atoms with Gasteiger partial charge in [-0.05, 0) is 95.6 Å². The Hall–Kier alpha value is -2.79. The molecular formula is C50H86NO10P. The van der Waals surface area contributed by atoms with E-state index in [2.05, 4.69) is 63.3 Å². The van der Waals surface area contributed by atoms with E-state index in [0.717, 1.165) is 95.7 Å². The topological polar surface area (TPSA) is 145 Å². The van der Waals surface area contributed by atoms with Gasteiger partial charge in [-0.25, -0.2) is 0 Å². The highest BCUT2D eigenvalue weighted by atomic mass is 31.2. The SMILES string of the molecule is CCCCCc1oc(CCCCCCCCCCC(=O)OC[C@H](COP(=O)([O-])OCC[N+](C)(C)C)OC(=O)CCC/C=C\C/C=C\C/C=C\C/C=C\CCCCCO)c(C)c1C. The zero-order chi connectivity index (χ0) is 45.7. The third kappa shape index (κ3) is 32.8. The average molecular weight is 892 g/mol. The van der Waals surface area contributed by atoms with Crippen LogP contribution in [0.4, 0.5) is 0 Å². The number of quaternary nitrogens is 1. The van der Waals surface area contributed by atoms with E-state index in [1.165, 1.54) is 49.0 Å². The molecule has 1 unspecified atom stereocenters.